The highest BCUT2D eigenvalue weighted by Gasteiger charge is 2.08. The Balaban J connectivity index is 2.59. The Kier molecular flexibility index (Phi) is 1.42. The van der Waals surface area contributed by atoms with E-state index in [0.717, 1.165) is 0 Å². The van der Waals surface area contributed by atoms with Crippen molar-refractivity contribution in [2.24, 2.45) is 15.9 Å². The van der Waals surface area contributed by atoms with Gasteiger partial charge in [-0.05, 0) is 6.92 Å². The van der Waals surface area contributed by atoms with Crippen molar-refractivity contribution in [1.82, 2.24) is 0 Å². The third kappa shape index (κ3) is 0.941. The van der Waals surface area contributed by atoms with Gasteiger partial charge < -0.3 is 0 Å². The summed E-state index contributed by atoms with van der Waals surface area (Å²) in [7, 11) is 0. The normalized spacial score (nSPS) is 35.8. The Morgan fingerprint density at radius 1 is 1.38 bits per heavy atom. The van der Waals surface area contributed by atoms with Crippen LogP contribution in [0.15, 0.2) is 9.98 Å². The van der Waals surface area contributed by atoms with Crippen LogP contribution in [-0.2, 0) is 0 Å². The van der Waals surface area contributed by atoms with Crippen LogP contribution in [0.3, 0.4) is 0 Å². The predicted octanol–water partition coefficient (Wildman–Crippen LogP) is 1.12. The molecule has 0 bridgehead atoms. The van der Waals surface area contributed by atoms with Gasteiger partial charge in [0.25, 0.3) is 0 Å². The second kappa shape index (κ2) is 2.07. The molecule has 1 rings (SSSR count). The van der Waals surface area contributed by atoms with Gasteiger partial charge in [-0.15, -0.1) is 0 Å². The quantitative estimate of drug-likeness (QED) is 0.446. The van der Waals surface area contributed by atoms with Gasteiger partial charge in [0.2, 0.25) is 0 Å². The average molecular weight is 110 g/mol. The summed E-state index contributed by atoms with van der Waals surface area (Å²) in [5.74, 6) is 0.514. The zero-order valence-electron chi connectivity index (χ0n) is 5.20. The Morgan fingerprint density at radius 2 is 2.12 bits per heavy atom. The first-order chi connectivity index (χ1) is 3.80. The van der Waals surface area contributed by atoms with Crippen LogP contribution in [0.4, 0.5) is 0 Å². The standard InChI is InChI=1S/C6H10N2/c1-5-3-7-4-8-6(5)2/h3-6H,1-2H3/t5-,6+/m0/s1. The zero-order chi connectivity index (χ0) is 5.98. The van der Waals surface area contributed by atoms with Gasteiger partial charge in [-0.2, -0.15) is 0 Å². The molecule has 8 heavy (non-hydrogen) atoms. The van der Waals surface area contributed by atoms with Crippen LogP contribution in [0.1, 0.15) is 13.8 Å². The van der Waals surface area contributed by atoms with Crippen LogP contribution in [0.25, 0.3) is 0 Å². The predicted molar refractivity (Wildman–Crippen MR) is 35.6 cm³/mol. The molecule has 0 spiro atoms. The van der Waals surface area contributed by atoms with Crippen LogP contribution in [0, 0.1) is 5.92 Å². The molecule has 0 aliphatic carbocycles. The Bertz CT molecular complexity index is 110. The van der Waals surface area contributed by atoms with Crippen molar-refractivity contribution in [2.45, 2.75) is 19.9 Å². The van der Waals surface area contributed by atoms with E-state index in [4.69, 9.17) is 0 Å². The lowest BCUT2D eigenvalue weighted by atomic mass is 10.1. The zero-order valence-corrected chi connectivity index (χ0v) is 5.20. The van der Waals surface area contributed by atoms with E-state index in [-0.39, 0.29) is 0 Å². The van der Waals surface area contributed by atoms with Crippen LogP contribution in [0.5, 0.6) is 0 Å². The van der Waals surface area contributed by atoms with E-state index >= 15 is 0 Å². The number of rotatable bonds is 0. The van der Waals surface area contributed by atoms with E-state index in [1.54, 1.807) is 6.34 Å². The van der Waals surface area contributed by atoms with E-state index < -0.39 is 0 Å². The molecule has 0 aromatic heterocycles. The summed E-state index contributed by atoms with van der Waals surface area (Å²) in [6.45, 7) is 4.21. The maximum absolute atomic E-state index is 4.09. The molecule has 2 heteroatoms. The fourth-order valence-corrected chi connectivity index (χ4v) is 0.578. The molecule has 0 saturated heterocycles. The first kappa shape index (κ1) is 5.48. The lowest BCUT2D eigenvalue weighted by Crippen LogP contribution is -2.15. The highest BCUT2D eigenvalue weighted by Crippen LogP contribution is 2.05. The van der Waals surface area contributed by atoms with Gasteiger partial charge in [-0.1, -0.05) is 6.92 Å². The Morgan fingerprint density at radius 3 is 2.50 bits per heavy atom. The fourth-order valence-electron chi connectivity index (χ4n) is 0.578. The minimum absolute atomic E-state index is 0.424. The van der Waals surface area contributed by atoms with Crippen molar-refractivity contribution < 1.29 is 0 Å². The second-order valence-electron chi connectivity index (χ2n) is 2.16. The molecule has 0 saturated carbocycles. The molecular weight excluding hydrogens is 100 g/mol. The summed E-state index contributed by atoms with van der Waals surface area (Å²) in [5, 5.41) is 0. The number of hydrogen-bond acceptors (Lipinski definition) is 2. The van der Waals surface area contributed by atoms with Gasteiger partial charge in [0, 0.05) is 12.1 Å². The second-order valence-corrected chi connectivity index (χ2v) is 2.16. The molecule has 1 aliphatic heterocycles. The molecule has 0 amide bonds. The van der Waals surface area contributed by atoms with Gasteiger partial charge in [0.05, 0.1) is 6.04 Å². The molecule has 44 valence electrons. The monoisotopic (exact) mass is 110 g/mol. The Hall–Kier alpha value is -0.660. The summed E-state index contributed by atoms with van der Waals surface area (Å²) >= 11 is 0. The van der Waals surface area contributed by atoms with E-state index in [2.05, 4.69) is 23.8 Å². The van der Waals surface area contributed by atoms with Gasteiger partial charge in [0.1, 0.15) is 6.34 Å². The van der Waals surface area contributed by atoms with E-state index in [9.17, 15) is 0 Å². The summed E-state index contributed by atoms with van der Waals surface area (Å²) in [6, 6.07) is 0.424. The Labute approximate surface area is 49.3 Å². The smallest absolute Gasteiger partial charge is 0.109 e. The molecule has 2 atom stereocenters. The molecule has 1 aliphatic rings. The average Bonchev–Trinajstić information content (AvgIpc) is 1.77. The van der Waals surface area contributed by atoms with E-state index in [0.29, 0.717) is 12.0 Å². The number of nitrogens with zero attached hydrogens (tertiary/aromatic N) is 2. The minimum Gasteiger partial charge on any atom is -0.270 e. The molecule has 0 N–H and O–H groups in total. The third-order valence-corrected chi connectivity index (χ3v) is 1.45. The van der Waals surface area contributed by atoms with Crippen molar-refractivity contribution in [1.29, 1.82) is 0 Å². The third-order valence-electron chi connectivity index (χ3n) is 1.45. The van der Waals surface area contributed by atoms with Crippen LogP contribution in [-0.4, -0.2) is 18.6 Å². The molecule has 0 unspecified atom stereocenters. The molecule has 0 aromatic rings. The van der Waals surface area contributed by atoms with Gasteiger partial charge in [-0.25, -0.2) is 4.99 Å². The van der Waals surface area contributed by atoms with Crippen molar-refractivity contribution in [2.75, 3.05) is 0 Å². The minimum atomic E-state index is 0.424. The van der Waals surface area contributed by atoms with Crippen molar-refractivity contribution in [3.63, 3.8) is 0 Å². The van der Waals surface area contributed by atoms with Gasteiger partial charge in [0.15, 0.2) is 0 Å². The topological polar surface area (TPSA) is 24.7 Å². The van der Waals surface area contributed by atoms with Crippen molar-refractivity contribution in [3.8, 4) is 0 Å². The van der Waals surface area contributed by atoms with E-state index in [1.165, 1.54) is 0 Å². The first-order valence-corrected chi connectivity index (χ1v) is 2.85. The number of hydrogen-bond donors (Lipinski definition) is 0. The van der Waals surface area contributed by atoms with Crippen molar-refractivity contribution >= 4 is 12.6 Å². The maximum Gasteiger partial charge on any atom is 0.109 e. The summed E-state index contributed by atoms with van der Waals surface area (Å²) in [5.41, 5.74) is 0. The van der Waals surface area contributed by atoms with Crippen molar-refractivity contribution in [3.05, 3.63) is 0 Å². The molecule has 0 fully saturated rings. The molecule has 2 nitrogen and oxygen atoms in total. The van der Waals surface area contributed by atoms with Crippen LogP contribution in [0.2, 0.25) is 0 Å². The lowest BCUT2D eigenvalue weighted by Gasteiger charge is -2.12. The SMILES string of the molecule is C[C@H]1C=NC=N[C@@H]1C. The summed E-state index contributed by atoms with van der Waals surface area (Å²) in [4.78, 5) is 7.98. The maximum atomic E-state index is 4.09. The number of aliphatic imine (C=N–C) groups is 2. The summed E-state index contributed by atoms with van der Waals surface area (Å²) in [6.07, 6.45) is 3.54. The molecular formula is C6H10N2. The highest BCUT2D eigenvalue weighted by molar-refractivity contribution is 5.76. The van der Waals surface area contributed by atoms with Gasteiger partial charge >= 0.3 is 0 Å². The fraction of sp³-hybridized carbons (Fsp3) is 0.667. The van der Waals surface area contributed by atoms with Gasteiger partial charge in [-0.3, -0.25) is 4.99 Å². The molecule has 0 radical (unpaired) electrons. The lowest BCUT2D eigenvalue weighted by molar-refractivity contribution is 0.620. The first-order valence-electron chi connectivity index (χ1n) is 2.85. The molecule has 0 aromatic carbocycles. The van der Waals surface area contributed by atoms with E-state index in [1.807, 2.05) is 6.21 Å². The summed E-state index contributed by atoms with van der Waals surface area (Å²) < 4.78 is 0. The van der Waals surface area contributed by atoms with Crippen LogP contribution < -0.4 is 0 Å². The molecule has 1 heterocycles. The van der Waals surface area contributed by atoms with Crippen LogP contribution >= 0.6 is 0 Å². The highest BCUT2D eigenvalue weighted by atomic mass is 14.9. The largest absolute Gasteiger partial charge is 0.270 e.